The Balaban J connectivity index is 2.00. The van der Waals surface area contributed by atoms with E-state index in [2.05, 4.69) is 5.32 Å². The van der Waals surface area contributed by atoms with Crippen LogP contribution in [0.5, 0.6) is 0 Å². The molecule has 0 saturated heterocycles. The van der Waals surface area contributed by atoms with Crippen molar-refractivity contribution in [2.45, 2.75) is 51.0 Å². The highest BCUT2D eigenvalue weighted by molar-refractivity contribution is 7.92. The van der Waals surface area contributed by atoms with Crippen LogP contribution in [0, 0.1) is 5.82 Å². The van der Waals surface area contributed by atoms with E-state index in [0.717, 1.165) is 42.3 Å². The number of nitrogens with one attached hydrogen (secondary N) is 1. The molecule has 1 aliphatic carbocycles. The molecule has 0 spiro atoms. The van der Waals surface area contributed by atoms with Crippen molar-refractivity contribution < 1.29 is 17.6 Å². The van der Waals surface area contributed by atoms with Gasteiger partial charge < -0.3 is 5.32 Å². The van der Waals surface area contributed by atoms with Crippen LogP contribution in [-0.4, -0.2) is 33.2 Å². The Morgan fingerprint density at radius 2 is 1.92 bits per heavy atom. The van der Waals surface area contributed by atoms with Gasteiger partial charge in [-0.15, -0.1) is 0 Å². The van der Waals surface area contributed by atoms with Crippen molar-refractivity contribution in [2.75, 3.05) is 17.1 Å². The van der Waals surface area contributed by atoms with Gasteiger partial charge in [-0.1, -0.05) is 37.3 Å². The monoisotopic (exact) mass is 390 g/mol. The van der Waals surface area contributed by atoms with E-state index in [4.69, 9.17) is 11.6 Å². The number of carbonyl (C=O) groups is 1. The zero-order valence-electron chi connectivity index (χ0n) is 14.3. The lowest BCUT2D eigenvalue weighted by Gasteiger charge is -2.23. The summed E-state index contributed by atoms with van der Waals surface area (Å²) in [5.41, 5.74) is 0.246. The molecular weight excluding hydrogens is 367 g/mol. The Labute approximate surface area is 153 Å². The molecule has 1 fully saturated rings. The maximum atomic E-state index is 13.3. The van der Waals surface area contributed by atoms with E-state index in [1.807, 2.05) is 0 Å². The minimum Gasteiger partial charge on any atom is -0.353 e. The van der Waals surface area contributed by atoms with Gasteiger partial charge in [-0.25, -0.2) is 12.8 Å². The minimum absolute atomic E-state index is 0.0145. The second-order valence-electron chi connectivity index (χ2n) is 6.44. The van der Waals surface area contributed by atoms with Gasteiger partial charge in [-0.3, -0.25) is 9.10 Å². The van der Waals surface area contributed by atoms with E-state index in [0.29, 0.717) is 0 Å². The third-order valence-electron chi connectivity index (χ3n) is 4.35. The Kier molecular flexibility index (Phi) is 7.07. The number of anilines is 1. The highest BCUT2D eigenvalue weighted by atomic mass is 35.5. The first kappa shape index (κ1) is 20.0. The van der Waals surface area contributed by atoms with Crippen molar-refractivity contribution in [1.82, 2.24) is 5.32 Å². The van der Waals surface area contributed by atoms with Crippen molar-refractivity contribution in [1.29, 1.82) is 0 Å². The van der Waals surface area contributed by atoms with E-state index < -0.39 is 15.8 Å². The molecule has 0 atom stereocenters. The largest absolute Gasteiger partial charge is 0.353 e. The number of hydrogen-bond donors (Lipinski definition) is 1. The number of rotatable bonds is 6. The predicted octanol–water partition coefficient (Wildman–Crippen LogP) is 3.47. The molecule has 2 rings (SSSR count). The molecule has 0 heterocycles. The molecule has 25 heavy (non-hydrogen) atoms. The summed E-state index contributed by atoms with van der Waals surface area (Å²) >= 11 is 5.74. The molecule has 1 saturated carbocycles. The molecule has 0 radical (unpaired) electrons. The molecule has 0 aliphatic heterocycles. The van der Waals surface area contributed by atoms with Crippen LogP contribution in [0.25, 0.3) is 0 Å². The summed E-state index contributed by atoms with van der Waals surface area (Å²) in [5, 5.41) is 2.83. The normalized spacial score (nSPS) is 16.3. The lowest BCUT2D eigenvalue weighted by molar-refractivity contribution is -0.121. The van der Waals surface area contributed by atoms with Crippen LogP contribution in [0.1, 0.15) is 44.9 Å². The second-order valence-corrected chi connectivity index (χ2v) is 8.75. The van der Waals surface area contributed by atoms with Crippen molar-refractivity contribution in [3.63, 3.8) is 0 Å². The summed E-state index contributed by atoms with van der Waals surface area (Å²) in [7, 11) is -3.61. The molecular formula is C17H24ClFN2O3S. The summed E-state index contributed by atoms with van der Waals surface area (Å²) < 4.78 is 38.4. The Morgan fingerprint density at radius 1 is 1.28 bits per heavy atom. The van der Waals surface area contributed by atoms with Gasteiger partial charge in [0.1, 0.15) is 5.82 Å². The van der Waals surface area contributed by atoms with Crippen molar-refractivity contribution in [3.05, 3.63) is 29.0 Å². The van der Waals surface area contributed by atoms with Crippen LogP contribution in [0.4, 0.5) is 10.1 Å². The highest BCUT2D eigenvalue weighted by Crippen LogP contribution is 2.24. The zero-order valence-corrected chi connectivity index (χ0v) is 15.9. The van der Waals surface area contributed by atoms with E-state index in [1.165, 1.54) is 25.0 Å². The first-order valence-electron chi connectivity index (χ1n) is 8.49. The number of benzene rings is 1. The fourth-order valence-electron chi connectivity index (χ4n) is 3.05. The van der Waals surface area contributed by atoms with Gasteiger partial charge in [-0.05, 0) is 31.0 Å². The van der Waals surface area contributed by atoms with Crippen LogP contribution in [0.15, 0.2) is 18.2 Å². The van der Waals surface area contributed by atoms with Crippen LogP contribution < -0.4 is 9.62 Å². The molecule has 0 unspecified atom stereocenters. The van der Waals surface area contributed by atoms with Crippen molar-refractivity contribution >= 4 is 33.2 Å². The molecule has 5 nitrogen and oxygen atoms in total. The van der Waals surface area contributed by atoms with Crippen LogP contribution in [-0.2, 0) is 14.8 Å². The standard InChI is InChI=1S/C17H24ClFN2O3S/c1-25(23,24)21(14-8-9-16(19)15(18)12-14)11-10-17(22)20-13-6-4-2-3-5-7-13/h8-9,12-13H,2-7,10-11H2,1H3,(H,20,22). The SMILES string of the molecule is CS(=O)(=O)N(CCC(=O)NC1CCCCCC1)c1ccc(F)c(Cl)c1. The van der Waals surface area contributed by atoms with Gasteiger partial charge in [0.2, 0.25) is 15.9 Å². The smallest absolute Gasteiger partial charge is 0.232 e. The molecule has 0 bridgehead atoms. The van der Waals surface area contributed by atoms with E-state index >= 15 is 0 Å². The van der Waals surface area contributed by atoms with Gasteiger partial charge in [-0.2, -0.15) is 0 Å². The lowest BCUT2D eigenvalue weighted by atomic mass is 10.1. The fraction of sp³-hybridized carbons (Fsp3) is 0.588. The quantitative estimate of drug-likeness (QED) is 0.756. The van der Waals surface area contributed by atoms with Gasteiger partial charge >= 0.3 is 0 Å². The maximum Gasteiger partial charge on any atom is 0.232 e. The minimum atomic E-state index is -3.61. The zero-order chi connectivity index (χ0) is 18.4. The number of halogens is 2. The number of carbonyl (C=O) groups excluding carboxylic acids is 1. The van der Waals surface area contributed by atoms with Crippen molar-refractivity contribution in [2.24, 2.45) is 0 Å². The molecule has 1 aromatic rings. The summed E-state index contributed by atoms with van der Waals surface area (Å²) in [6, 6.07) is 3.87. The van der Waals surface area contributed by atoms with Gasteiger partial charge in [0.05, 0.1) is 17.0 Å². The van der Waals surface area contributed by atoms with Crippen molar-refractivity contribution in [3.8, 4) is 0 Å². The van der Waals surface area contributed by atoms with E-state index in [9.17, 15) is 17.6 Å². The van der Waals surface area contributed by atoms with E-state index in [-0.39, 0.29) is 35.6 Å². The van der Waals surface area contributed by atoms with E-state index in [1.54, 1.807) is 0 Å². The average molecular weight is 391 g/mol. The number of sulfonamides is 1. The van der Waals surface area contributed by atoms with Crippen LogP contribution >= 0.6 is 11.6 Å². The Hall–Kier alpha value is -1.34. The number of nitrogens with zero attached hydrogens (tertiary/aromatic N) is 1. The summed E-state index contributed by atoms with van der Waals surface area (Å²) in [4.78, 5) is 12.2. The first-order valence-corrected chi connectivity index (χ1v) is 10.7. The fourth-order valence-corrected chi connectivity index (χ4v) is 4.15. The lowest BCUT2D eigenvalue weighted by Crippen LogP contribution is -2.38. The molecule has 0 aromatic heterocycles. The molecule has 140 valence electrons. The third kappa shape index (κ3) is 6.15. The Bertz CT molecular complexity index is 704. The average Bonchev–Trinajstić information content (AvgIpc) is 2.78. The maximum absolute atomic E-state index is 13.3. The number of amides is 1. The second kappa shape index (κ2) is 8.85. The van der Waals surface area contributed by atoms with Gasteiger partial charge in [0, 0.05) is 19.0 Å². The molecule has 1 N–H and O–H groups in total. The first-order chi connectivity index (χ1) is 11.8. The summed E-state index contributed by atoms with van der Waals surface area (Å²) in [6.45, 7) is -0.0145. The van der Waals surface area contributed by atoms with Crippen LogP contribution in [0.2, 0.25) is 5.02 Å². The predicted molar refractivity (Wildman–Crippen MR) is 97.8 cm³/mol. The molecule has 1 aromatic carbocycles. The summed E-state index contributed by atoms with van der Waals surface area (Å²) in [6.07, 6.45) is 7.62. The third-order valence-corrected chi connectivity index (χ3v) is 5.84. The van der Waals surface area contributed by atoms with Crippen LogP contribution in [0.3, 0.4) is 0 Å². The van der Waals surface area contributed by atoms with Gasteiger partial charge in [0.15, 0.2) is 0 Å². The topological polar surface area (TPSA) is 66.5 Å². The Morgan fingerprint density at radius 3 is 2.48 bits per heavy atom. The molecule has 8 heteroatoms. The summed E-state index contributed by atoms with van der Waals surface area (Å²) in [5.74, 6) is -0.793. The van der Waals surface area contributed by atoms with Gasteiger partial charge in [0.25, 0.3) is 0 Å². The molecule has 1 amide bonds. The molecule has 1 aliphatic rings. The number of hydrogen-bond acceptors (Lipinski definition) is 3. The highest BCUT2D eigenvalue weighted by Gasteiger charge is 2.21.